The first-order chi connectivity index (χ1) is 18.6. The largest absolute Gasteiger partial charge is 0.463 e. The van der Waals surface area contributed by atoms with Crippen LogP contribution in [0.25, 0.3) is 0 Å². The van der Waals surface area contributed by atoms with Gasteiger partial charge in [0.2, 0.25) is 10.0 Å². The van der Waals surface area contributed by atoms with Crippen LogP contribution in [0, 0.1) is 6.92 Å². The van der Waals surface area contributed by atoms with Gasteiger partial charge in [-0.05, 0) is 57.5 Å². The second-order valence-electron chi connectivity index (χ2n) is 9.77. The van der Waals surface area contributed by atoms with Crippen LogP contribution in [0.2, 0.25) is 5.02 Å². The third-order valence-corrected chi connectivity index (χ3v) is 9.38. The second-order valence-corrected chi connectivity index (χ2v) is 12.1. The molecule has 2 aromatic carbocycles. The monoisotopic (exact) mass is 574 g/mol. The van der Waals surface area contributed by atoms with E-state index in [2.05, 4.69) is 10.2 Å². The Balaban J connectivity index is 1.64. The molecule has 11 heteroatoms. The first-order valence-electron chi connectivity index (χ1n) is 13.1. The highest BCUT2D eigenvalue weighted by Crippen LogP contribution is 2.33. The standard InChI is InChI=1S/C28H35ClN4O5S/c1-5-32-24(25(27(34)38-6-2)26(30-28(32)35)21-9-11-22(29)12-10-21)18-31-15-16-33(20(4)17-31)39(36,37)23-13-7-19(3)8-14-23/h7-14,20,26H,5-6,15-18H2,1-4H3,(H,30,35)/t20-,26+/m1/s1. The van der Waals surface area contributed by atoms with Gasteiger partial charge in [0, 0.05) is 49.5 Å². The summed E-state index contributed by atoms with van der Waals surface area (Å²) in [4.78, 5) is 30.4. The van der Waals surface area contributed by atoms with Gasteiger partial charge in [0.05, 0.1) is 23.1 Å². The highest BCUT2D eigenvalue weighted by molar-refractivity contribution is 7.89. The van der Waals surface area contributed by atoms with Gasteiger partial charge in [-0.2, -0.15) is 4.31 Å². The Kier molecular flexibility index (Phi) is 9.00. The zero-order chi connectivity index (χ0) is 28.3. The summed E-state index contributed by atoms with van der Waals surface area (Å²) in [6, 6.07) is 12.5. The van der Waals surface area contributed by atoms with Crippen molar-refractivity contribution in [2.24, 2.45) is 0 Å². The van der Waals surface area contributed by atoms with Crippen LogP contribution in [-0.2, 0) is 19.6 Å². The average Bonchev–Trinajstić information content (AvgIpc) is 2.89. The van der Waals surface area contributed by atoms with Gasteiger partial charge in [0.15, 0.2) is 0 Å². The third kappa shape index (κ3) is 6.14. The number of amides is 2. The van der Waals surface area contributed by atoms with E-state index in [0.29, 0.717) is 54.6 Å². The maximum atomic E-state index is 13.4. The van der Waals surface area contributed by atoms with E-state index in [1.165, 1.54) is 4.31 Å². The predicted octanol–water partition coefficient (Wildman–Crippen LogP) is 3.95. The fraction of sp³-hybridized carbons (Fsp3) is 0.429. The summed E-state index contributed by atoms with van der Waals surface area (Å²) in [6.45, 7) is 9.39. The Morgan fingerprint density at radius 2 is 1.74 bits per heavy atom. The molecule has 2 aromatic rings. The number of carbonyl (C=O) groups excluding carboxylic acids is 2. The number of rotatable bonds is 8. The van der Waals surface area contributed by atoms with Crippen molar-refractivity contribution in [3.63, 3.8) is 0 Å². The lowest BCUT2D eigenvalue weighted by Crippen LogP contribution is -2.56. The normalized spacial score (nSPS) is 21.2. The number of urea groups is 1. The molecular formula is C28H35ClN4O5S. The fourth-order valence-electron chi connectivity index (χ4n) is 5.14. The van der Waals surface area contributed by atoms with Gasteiger partial charge in [0.25, 0.3) is 0 Å². The average molecular weight is 575 g/mol. The molecule has 0 spiro atoms. The molecule has 2 atom stereocenters. The number of piperazine rings is 1. The Morgan fingerprint density at radius 3 is 2.33 bits per heavy atom. The van der Waals surface area contributed by atoms with Gasteiger partial charge >= 0.3 is 12.0 Å². The molecule has 2 heterocycles. The lowest BCUT2D eigenvalue weighted by atomic mass is 9.94. The minimum atomic E-state index is -3.65. The van der Waals surface area contributed by atoms with Crippen molar-refractivity contribution in [3.8, 4) is 0 Å². The summed E-state index contributed by atoms with van der Waals surface area (Å²) in [5.74, 6) is -0.500. The van der Waals surface area contributed by atoms with E-state index in [9.17, 15) is 18.0 Å². The third-order valence-electron chi connectivity index (χ3n) is 7.10. The molecular weight excluding hydrogens is 540 g/mol. The summed E-state index contributed by atoms with van der Waals surface area (Å²) >= 11 is 6.08. The number of carbonyl (C=O) groups is 2. The van der Waals surface area contributed by atoms with Crippen LogP contribution in [0.1, 0.15) is 37.9 Å². The summed E-state index contributed by atoms with van der Waals surface area (Å²) in [5.41, 5.74) is 2.63. The van der Waals surface area contributed by atoms with Gasteiger partial charge in [-0.15, -0.1) is 0 Å². The first kappa shape index (κ1) is 29.1. The van der Waals surface area contributed by atoms with Crippen LogP contribution in [0.5, 0.6) is 0 Å². The van der Waals surface area contributed by atoms with Gasteiger partial charge in [0.1, 0.15) is 0 Å². The molecule has 1 N–H and O–H groups in total. The quantitative estimate of drug-likeness (QED) is 0.479. The molecule has 0 aromatic heterocycles. The minimum absolute atomic E-state index is 0.190. The summed E-state index contributed by atoms with van der Waals surface area (Å²) in [7, 11) is -3.65. The SMILES string of the molecule is CCOC(=O)C1=C(CN2CCN(S(=O)(=O)c3ccc(C)cc3)[C@H](C)C2)N(CC)C(=O)N[C@H]1c1ccc(Cl)cc1. The minimum Gasteiger partial charge on any atom is -0.463 e. The van der Waals surface area contributed by atoms with E-state index in [0.717, 1.165) is 5.56 Å². The smallest absolute Gasteiger partial charge is 0.338 e. The maximum Gasteiger partial charge on any atom is 0.338 e. The molecule has 39 heavy (non-hydrogen) atoms. The van der Waals surface area contributed by atoms with Crippen LogP contribution in [0.15, 0.2) is 64.7 Å². The molecule has 0 unspecified atom stereocenters. The molecule has 9 nitrogen and oxygen atoms in total. The Morgan fingerprint density at radius 1 is 1.08 bits per heavy atom. The van der Waals surface area contributed by atoms with Crippen molar-refractivity contribution in [2.45, 2.75) is 44.7 Å². The van der Waals surface area contributed by atoms with Crippen molar-refractivity contribution in [2.75, 3.05) is 39.3 Å². The van der Waals surface area contributed by atoms with Crippen LogP contribution < -0.4 is 5.32 Å². The lowest BCUT2D eigenvalue weighted by Gasteiger charge is -2.42. The fourth-order valence-corrected chi connectivity index (χ4v) is 6.88. The van der Waals surface area contributed by atoms with Crippen molar-refractivity contribution >= 4 is 33.6 Å². The van der Waals surface area contributed by atoms with E-state index in [4.69, 9.17) is 16.3 Å². The van der Waals surface area contributed by atoms with Crippen molar-refractivity contribution in [1.82, 2.24) is 19.4 Å². The van der Waals surface area contributed by atoms with Crippen LogP contribution in [0.3, 0.4) is 0 Å². The number of benzene rings is 2. The van der Waals surface area contributed by atoms with E-state index >= 15 is 0 Å². The number of hydrogen-bond acceptors (Lipinski definition) is 6. The summed E-state index contributed by atoms with van der Waals surface area (Å²) in [5, 5.41) is 3.49. The molecule has 0 bridgehead atoms. The molecule has 210 valence electrons. The number of ether oxygens (including phenoxy) is 1. The number of nitrogens with zero attached hydrogens (tertiary/aromatic N) is 3. The molecule has 0 aliphatic carbocycles. The van der Waals surface area contributed by atoms with Gasteiger partial charge in [-0.1, -0.05) is 41.4 Å². The lowest BCUT2D eigenvalue weighted by molar-refractivity contribution is -0.139. The number of esters is 1. The van der Waals surface area contributed by atoms with Gasteiger partial charge in [-0.25, -0.2) is 18.0 Å². The maximum absolute atomic E-state index is 13.4. The van der Waals surface area contributed by atoms with Crippen molar-refractivity contribution in [1.29, 1.82) is 0 Å². The molecule has 0 radical (unpaired) electrons. The zero-order valence-corrected chi connectivity index (χ0v) is 24.3. The molecule has 4 rings (SSSR count). The molecule has 2 aliphatic heterocycles. The number of aryl methyl sites for hydroxylation is 1. The Labute approximate surface area is 235 Å². The van der Waals surface area contributed by atoms with E-state index in [-0.39, 0.29) is 23.6 Å². The number of hydrogen-bond donors (Lipinski definition) is 1. The van der Waals surface area contributed by atoms with Gasteiger partial charge in [-0.3, -0.25) is 9.80 Å². The Bertz CT molecular complexity index is 1350. The molecule has 2 amide bonds. The van der Waals surface area contributed by atoms with Crippen molar-refractivity contribution < 1.29 is 22.7 Å². The summed E-state index contributed by atoms with van der Waals surface area (Å²) < 4.78 is 33.7. The molecule has 1 saturated heterocycles. The van der Waals surface area contributed by atoms with Crippen LogP contribution >= 0.6 is 11.6 Å². The van der Waals surface area contributed by atoms with E-state index in [1.54, 1.807) is 60.4 Å². The number of likely N-dealkylation sites (N-methyl/N-ethyl adjacent to an activating group) is 1. The number of sulfonamides is 1. The van der Waals surface area contributed by atoms with Crippen LogP contribution in [0.4, 0.5) is 4.79 Å². The molecule has 1 fully saturated rings. The van der Waals surface area contributed by atoms with Crippen molar-refractivity contribution in [3.05, 3.63) is 76.0 Å². The Hall–Kier alpha value is -2.92. The highest BCUT2D eigenvalue weighted by atomic mass is 35.5. The number of nitrogens with one attached hydrogen (secondary N) is 1. The van der Waals surface area contributed by atoms with E-state index in [1.807, 2.05) is 20.8 Å². The molecule has 2 aliphatic rings. The summed E-state index contributed by atoms with van der Waals surface area (Å²) in [6.07, 6.45) is 0. The van der Waals surface area contributed by atoms with Crippen LogP contribution in [-0.4, -0.2) is 79.9 Å². The highest BCUT2D eigenvalue weighted by Gasteiger charge is 2.40. The topological polar surface area (TPSA) is 99.3 Å². The van der Waals surface area contributed by atoms with Gasteiger partial charge < -0.3 is 10.1 Å². The second kappa shape index (κ2) is 12.1. The zero-order valence-electron chi connectivity index (χ0n) is 22.7. The molecule has 0 saturated carbocycles. The predicted molar refractivity (Wildman–Crippen MR) is 150 cm³/mol. The number of halogens is 1. The first-order valence-corrected chi connectivity index (χ1v) is 14.9. The van der Waals surface area contributed by atoms with E-state index < -0.39 is 22.0 Å².